The standard InChI is InChI=1S/C18H16FNO4/c19-15-7-5-12(6-8-15)16-11-20(9-10-24-16)17(21)13-1-3-14(4-2-13)18(22)23/h1-8,16H,9-11H2,(H,22,23). The van der Waals surface area contributed by atoms with Crippen molar-refractivity contribution in [3.63, 3.8) is 0 Å². The normalized spacial score (nSPS) is 17.5. The Balaban J connectivity index is 1.72. The van der Waals surface area contributed by atoms with Crippen molar-refractivity contribution in [1.82, 2.24) is 4.90 Å². The van der Waals surface area contributed by atoms with Gasteiger partial charge in [-0.25, -0.2) is 9.18 Å². The van der Waals surface area contributed by atoms with Gasteiger partial charge in [0.05, 0.1) is 18.7 Å². The summed E-state index contributed by atoms with van der Waals surface area (Å²) < 4.78 is 18.7. The number of rotatable bonds is 3. The van der Waals surface area contributed by atoms with Crippen molar-refractivity contribution in [1.29, 1.82) is 0 Å². The molecule has 1 unspecified atom stereocenters. The minimum absolute atomic E-state index is 0.137. The second-order valence-electron chi connectivity index (χ2n) is 5.54. The van der Waals surface area contributed by atoms with E-state index in [4.69, 9.17) is 9.84 Å². The van der Waals surface area contributed by atoms with Crippen molar-refractivity contribution in [3.8, 4) is 0 Å². The summed E-state index contributed by atoms with van der Waals surface area (Å²) in [7, 11) is 0. The van der Waals surface area contributed by atoms with Gasteiger partial charge in [-0.3, -0.25) is 4.79 Å². The van der Waals surface area contributed by atoms with Gasteiger partial charge in [0, 0.05) is 12.1 Å². The van der Waals surface area contributed by atoms with Crippen molar-refractivity contribution in [2.75, 3.05) is 19.7 Å². The average Bonchev–Trinajstić information content (AvgIpc) is 2.62. The molecule has 2 aromatic carbocycles. The van der Waals surface area contributed by atoms with Crippen LogP contribution in [0.2, 0.25) is 0 Å². The van der Waals surface area contributed by atoms with Crippen molar-refractivity contribution >= 4 is 11.9 Å². The molecule has 0 saturated carbocycles. The van der Waals surface area contributed by atoms with E-state index in [-0.39, 0.29) is 23.4 Å². The lowest BCUT2D eigenvalue weighted by atomic mass is 10.1. The molecule has 0 radical (unpaired) electrons. The van der Waals surface area contributed by atoms with Crippen LogP contribution in [-0.4, -0.2) is 41.6 Å². The Kier molecular flexibility index (Phi) is 4.57. The molecule has 0 bridgehead atoms. The molecule has 1 amide bonds. The molecule has 3 rings (SSSR count). The summed E-state index contributed by atoms with van der Waals surface area (Å²) in [5.41, 5.74) is 1.38. The number of aromatic carboxylic acids is 1. The Hall–Kier alpha value is -2.73. The lowest BCUT2D eigenvalue weighted by molar-refractivity contribution is -0.0228. The third-order valence-electron chi connectivity index (χ3n) is 3.97. The monoisotopic (exact) mass is 329 g/mol. The molecule has 1 N–H and O–H groups in total. The molecule has 0 spiro atoms. The maximum atomic E-state index is 13.0. The van der Waals surface area contributed by atoms with E-state index in [0.717, 1.165) is 5.56 Å². The lowest BCUT2D eigenvalue weighted by Gasteiger charge is -2.33. The van der Waals surface area contributed by atoms with Crippen LogP contribution < -0.4 is 0 Å². The van der Waals surface area contributed by atoms with Gasteiger partial charge < -0.3 is 14.7 Å². The van der Waals surface area contributed by atoms with E-state index >= 15 is 0 Å². The first-order chi connectivity index (χ1) is 11.5. The predicted molar refractivity (Wildman–Crippen MR) is 84.4 cm³/mol. The summed E-state index contributed by atoms with van der Waals surface area (Å²) in [6.07, 6.45) is -0.304. The SMILES string of the molecule is O=C(O)c1ccc(C(=O)N2CCOC(c3ccc(F)cc3)C2)cc1. The maximum Gasteiger partial charge on any atom is 0.335 e. The second-order valence-corrected chi connectivity index (χ2v) is 5.54. The molecule has 1 aliphatic heterocycles. The summed E-state index contributed by atoms with van der Waals surface area (Å²) in [6.45, 7) is 1.21. The van der Waals surface area contributed by atoms with Crippen molar-refractivity contribution in [3.05, 3.63) is 71.0 Å². The molecule has 6 heteroatoms. The summed E-state index contributed by atoms with van der Waals surface area (Å²) in [4.78, 5) is 25.1. The minimum Gasteiger partial charge on any atom is -0.478 e. The quantitative estimate of drug-likeness (QED) is 0.940. The third-order valence-corrected chi connectivity index (χ3v) is 3.97. The average molecular weight is 329 g/mol. The number of carbonyl (C=O) groups excluding carboxylic acids is 1. The van der Waals surface area contributed by atoms with Crippen molar-refractivity contribution in [2.24, 2.45) is 0 Å². The molecular formula is C18H16FNO4. The van der Waals surface area contributed by atoms with Gasteiger partial charge in [-0.15, -0.1) is 0 Å². The topological polar surface area (TPSA) is 66.8 Å². The molecule has 124 valence electrons. The number of morpholine rings is 1. The Morgan fingerprint density at radius 1 is 1.04 bits per heavy atom. The van der Waals surface area contributed by atoms with E-state index in [1.54, 1.807) is 17.0 Å². The molecule has 1 fully saturated rings. The van der Waals surface area contributed by atoms with E-state index in [9.17, 15) is 14.0 Å². The summed E-state index contributed by atoms with van der Waals surface area (Å²) >= 11 is 0. The first-order valence-electron chi connectivity index (χ1n) is 7.54. The Morgan fingerprint density at radius 3 is 2.29 bits per heavy atom. The number of ether oxygens (including phenoxy) is 1. The molecule has 0 aliphatic carbocycles. The fourth-order valence-electron chi connectivity index (χ4n) is 2.65. The zero-order valence-electron chi connectivity index (χ0n) is 12.8. The Morgan fingerprint density at radius 2 is 1.67 bits per heavy atom. The largest absolute Gasteiger partial charge is 0.478 e. The van der Waals surface area contributed by atoms with Gasteiger partial charge in [-0.1, -0.05) is 12.1 Å². The minimum atomic E-state index is -1.03. The van der Waals surface area contributed by atoms with Gasteiger partial charge in [0.25, 0.3) is 5.91 Å². The van der Waals surface area contributed by atoms with Gasteiger partial charge >= 0.3 is 5.97 Å². The van der Waals surface area contributed by atoms with Crippen LogP contribution in [0.15, 0.2) is 48.5 Å². The predicted octanol–water partition coefficient (Wildman–Crippen LogP) is 2.74. The molecule has 2 aromatic rings. The highest BCUT2D eigenvalue weighted by Gasteiger charge is 2.26. The molecule has 1 aliphatic rings. The van der Waals surface area contributed by atoms with Crippen LogP contribution in [-0.2, 0) is 4.74 Å². The first-order valence-corrected chi connectivity index (χ1v) is 7.54. The van der Waals surface area contributed by atoms with Gasteiger partial charge in [-0.05, 0) is 42.0 Å². The zero-order chi connectivity index (χ0) is 17.1. The highest BCUT2D eigenvalue weighted by Crippen LogP contribution is 2.23. The molecule has 0 aromatic heterocycles. The number of hydrogen-bond donors (Lipinski definition) is 1. The molecule has 5 nitrogen and oxygen atoms in total. The van der Waals surface area contributed by atoms with E-state index in [2.05, 4.69) is 0 Å². The molecule has 24 heavy (non-hydrogen) atoms. The number of hydrogen-bond acceptors (Lipinski definition) is 3. The van der Waals surface area contributed by atoms with Crippen LogP contribution >= 0.6 is 0 Å². The summed E-state index contributed by atoms with van der Waals surface area (Å²) in [5, 5.41) is 8.90. The number of nitrogens with zero attached hydrogens (tertiary/aromatic N) is 1. The summed E-state index contributed by atoms with van der Waals surface area (Å²) in [6, 6.07) is 11.9. The van der Waals surface area contributed by atoms with Gasteiger partial charge in [0.15, 0.2) is 0 Å². The number of halogens is 1. The number of carbonyl (C=O) groups is 2. The van der Waals surface area contributed by atoms with Crippen LogP contribution in [0, 0.1) is 5.82 Å². The number of carboxylic acid groups (broad SMARTS) is 1. The number of amides is 1. The van der Waals surface area contributed by atoms with Crippen LogP contribution in [0.25, 0.3) is 0 Å². The number of benzene rings is 2. The van der Waals surface area contributed by atoms with Gasteiger partial charge in [0.2, 0.25) is 0 Å². The fourth-order valence-corrected chi connectivity index (χ4v) is 2.65. The van der Waals surface area contributed by atoms with Gasteiger partial charge in [-0.2, -0.15) is 0 Å². The van der Waals surface area contributed by atoms with Crippen molar-refractivity contribution in [2.45, 2.75) is 6.10 Å². The number of carboxylic acids is 1. The van der Waals surface area contributed by atoms with Crippen LogP contribution in [0.4, 0.5) is 4.39 Å². The first kappa shape index (κ1) is 16.1. The van der Waals surface area contributed by atoms with Gasteiger partial charge in [0.1, 0.15) is 11.9 Å². The van der Waals surface area contributed by atoms with Crippen LogP contribution in [0.5, 0.6) is 0 Å². The highest BCUT2D eigenvalue weighted by molar-refractivity contribution is 5.96. The smallest absolute Gasteiger partial charge is 0.335 e. The molecule has 1 heterocycles. The maximum absolute atomic E-state index is 13.0. The van der Waals surface area contributed by atoms with Crippen LogP contribution in [0.1, 0.15) is 32.4 Å². The molecule has 1 saturated heterocycles. The molecule has 1 atom stereocenters. The Labute approximate surface area is 138 Å². The van der Waals surface area contributed by atoms with E-state index in [0.29, 0.717) is 25.3 Å². The van der Waals surface area contributed by atoms with Crippen molar-refractivity contribution < 1.29 is 23.8 Å². The zero-order valence-corrected chi connectivity index (χ0v) is 12.8. The summed E-state index contributed by atoms with van der Waals surface area (Å²) in [5.74, 6) is -1.53. The lowest BCUT2D eigenvalue weighted by Crippen LogP contribution is -2.42. The van der Waals surface area contributed by atoms with Crippen LogP contribution in [0.3, 0.4) is 0 Å². The highest BCUT2D eigenvalue weighted by atomic mass is 19.1. The van der Waals surface area contributed by atoms with E-state index < -0.39 is 5.97 Å². The third kappa shape index (κ3) is 3.44. The van der Waals surface area contributed by atoms with E-state index in [1.807, 2.05) is 0 Å². The molecular weight excluding hydrogens is 313 g/mol. The Bertz CT molecular complexity index is 743. The fraction of sp³-hybridized carbons (Fsp3) is 0.222. The van der Waals surface area contributed by atoms with E-state index in [1.165, 1.54) is 36.4 Å². The second kappa shape index (κ2) is 6.80.